The predicted molar refractivity (Wildman–Crippen MR) is 87.9 cm³/mol. The highest BCUT2D eigenvalue weighted by Crippen LogP contribution is 2.41. The average Bonchev–Trinajstić information content (AvgIpc) is 3.21. The molecular weight excluding hydrogens is 320 g/mol. The lowest BCUT2D eigenvalue weighted by Crippen LogP contribution is -2.37. The fraction of sp³-hybridized carbons (Fsp3) is 0.467. The standard InChI is InChI=1S/C15H16N2O3S2/c18-14(10-6-7-10)16-15-17(11-4-2-1-3-5-11)12-8-22(19,20)9-13(12)21-15/h1-5,10,12-13H,6-9H2/t12-,13-/m0/s1. The van der Waals surface area contributed by atoms with Crippen molar-refractivity contribution < 1.29 is 13.2 Å². The Morgan fingerprint density at radius 1 is 1.18 bits per heavy atom. The number of hydrogen-bond acceptors (Lipinski definition) is 4. The van der Waals surface area contributed by atoms with Gasteiger partial charge in [0.25, 0.3) is 5.91 Å². The number of carbonyl (C=O) groups is 1. The summed E-state index contributed by atoms with van der Waals surface area (Å²) in [5.41, 5.74) is 0.905. The number of benzene rings is 1. The third-order valence-electron chi connectivity index (χ3n) is 4.23. The first-order valence-corrected chi connectivity index (χ1v) is 10.1. The van der Waals surface area contributed by atoms with Gasteiger partial charge in [-0.25, -0.2) is 8.42 Å². The molecule has 1 aliphatic carbocycles. The van der Waals surface area contributed by atoms with Gasteiger partial charge in [-0.3, -0.25) is 4.79 Å². The smallest absolute Gasteiger partial charge is 0.251 e. The summed E-state index contributed by atoms with van der Waals surface area (Å²) >= 11 is 1.44. The van der Waals surface area contributed by atoms with Crippen LogP contribution in [0, 0.1) is 5.92 Å². The molecule has 22 heavy (non-hydrogen) atoms. The van der Waals surface area contributed by atoms with E-state index in [1.165, 1.54) is 11.8 Å². The number of carbonyl (C=O) groups excluding carboxylic acids is 1. The lowest BCUT2D eigenvalue weighted by molar-refractivity contribution is -0.118. The second kappa shape index (κ2) is 5.09. The van der Waals surface area contributed by atoms with E-state index in [2.05, 4.69) is 4.99 Å². The maximum atomic E-state index is 12.0. The number of amides is 1. The molecule has 1 saturated carbocycles. The summed E-state index contributed by atoms with van der Waals surface area (Å²) in [5.74, 6) is 0.319. The van der Waals surface area contributed by atoms with Crippen LogP contribution in [0.4, 0.5) is 5.69 Å². The van der Waals surface area contributed by atoms with E-state index in [-0.39, 0.29) is 34.6 Å². The topological polar surface area (TPSA) is 66.8 Å². The highest BCUT2D eigenvalue weighted by molar-refractivity contribution is 8.16. The van der Waals surface area contributed by atoms with Crippen LogP contribution in [0.2, 0.25) is 0 Å². The van der Waals surface area contributed by atoms with E-state index in [4.69, 9.17) is 0 Å². The maximum Gasteiger partial charge on any atom is 0.251 e. The van der Waals surface area contributed by atoms with Crippen molar-refractivity contribution in [1.82, 2.24) is 0 Å². The molecular formula is C15H16N2O3S2. The van der Waals surface area contributed by atoms with Crippen LogP contribution in [0.1, 0.15) is 12.8 Å². The van der Waals surface area contributed by atoms with Crippen molar-refractivity contribution in [2.45, 2.75) is 24.1 Å². The summed E-state index contributed by atoms with van der Waals surface area (Å²) < 4.78 is 23.8. The molecule has 7 heteroatoms. The van der Waals surface area contributed by atoms with Crippen molar-refractivity contribution in [2.24, 2.45) is 10.9 Å². The minimum Gasteiger partial charge on any atom is -0.316 e. The molecule has 3 aliphatic rings. The first-order chi connectivity index (χ1) is 10.5. The molecule has 0 unspecified atom stereocenters. The van der Waals surface area contributed by atoms with Crippen molar-refractivity contribution in [1.29, 1.82) is 0 Å². The van der Waals surface area contributed by atoms with Crippen LogP contribution < -0.4 is 4.90 Å². The van der Waals surface area contributed by atoms with Gasteiger partial charge in [0.2, 0.25) is 0 Å². The molecule has 3 fully saturated rings. The second-order valence-electron chi connectivity index (χ2n) is 6.01. The van der Waals surface area contributed by atoms with Gasteiger partial charge in [-0.05, 0) is 25.0 Å². The highest BCUT2D eigenvalue weighted by Gasteiger charge is 2.49. The zero-order valence-corrected chi connectivity index (χ0v) is 13.5. The molecule has 0 spiro atoms. The number of thioether (sulfide) groups is 1. The number of sulfone groups is 1. The summed E-state index contributed by atoms with van der Waals surface area (Å²) in [7, 11) is -3.00. The molecule has 0 bridgehead atoms. The van der Waals surface area contributed by atoms with Gasteiger partial charge in [-0.1, -0.05) is 30.0 Å². The lowest BCUT2D eigenvalue weighted by atomic mass is 10.2. The molecule has 5 nitrogen and oxygen atoms in total. The van der Waals surface area contributed by atoms with E-state index in [1.807, 2.05) is 35.2 Å². The van der Waals surface area contributed by atoms with Crippen molar-refractivity contribution >= 4 is 38.4 Å². The van der Waals surface area contributed by atoms with Gasteiger partial charge < -0.3 is 4.90 Å². The molecule has 0 aromatic heterocycles. The minimum atomic E-state index is -3.00. The van der Waals surface area contributed by atoms with Crippen LogP contribution in [0.15, 0.2) is 35.3 Å². The molecule has 0 radical (unpaired) electrons. The normalized spacial score (nSPS) is 31.5. The summed E-state index contributed by atoms with van der Waals surface area (Å²) in [5, 5.41) is 0.629. The van der Waals surface area contributed by atoms with Crippen LogP contribution in [0.25, 0.3) is 0 Å². The third-order valence-corrected chi connectivity index (χ3v) is 7.44. The Morgan fingerprint density at radius 3 is 2.59 bits per heavy atom. The van der Waals surface area contributed by atoms with Crippen LogP contribution in [0.5, 0.6) is 0 Å². The first kappa shape index (κ1) is 14.3. The number of para-hydroxylation sites is 1. The fourth-order valence-corrected chi connectivity index (χ4v) is 6.89. The summed E-state index contributed by atoms with van der Waals surface area (Å²) in [6.45, 7) is 0. The number of fused-ring (bicyclic) bond motifs is 1. The quantitative estimate of drug-likeness (QED) is 0.822. The summed E-state index contributed by atoms with van der Waals surface area (Å²) in [4.78, 5) is 18.3. The van der Waals surface area contributed by atoms with E-state index in [1.54, 1.807) is 0 Å². The number of nitrogens with zero attached hydrogens (tertiary/aromatic N) is 2. The Bertz CT molecular complexity index is 741. The largest absolute Gasteiger partial charge is 0.316 e. The molecule has 2 atom stereocenters. The number of anilines is 1. The molecule has 1 aromatic rings. The molecule has 4 rings (SSSR count). The van der Waals surface area contributed by atoms with Crippen molar-refractivity contribution in [3.05, 3.63) is 30.3 Å². The van der Waals surface area contributed by atoms with E-state index >= 15 is 0 Å². The molecule has 2 aliphatic heterocycles. The van der Waals surface area contributed by atoms with Crippen LogP contribution in [-0.4, -0.2) is 42.3 Å². The Hall–Kier alpha value is -1.34. The Balaban J connectivity index is 1.71. The second-order valence-corrected chi connectivity index (χ2v) is 9.37. The number of rotatable bonds is 2. The van der Waals surface area contributed by atoms with Gasteiger partial charge in [0.05, 0.1) is 17.5 Å². The minimum absolute atomic E-state index is 0.0315. The van der Waals surface area contributed by atoms with Crippen LogP contribution >= 0.6 is 11.8 Å². The number of amidine groups is 1. The van der Waals surface area contributed by atoms with Gasteiger partial charge in [0.1, 0.15) is 0 Å². The van der Waals surface area contributed by atoms with E-state index in [0.29, 0.717) is 5.17 Å². The average molecular weight is 336 g/mol. The van der Waals surface area contributed by atoms with E-state index in [0.717, 1.165) is 18.5 Å². The van der Waals surface area contributed by atoms with E-state index < -0.39 is 9.84 Å². The monoisotopic (exact) mass is 336 g/mol. The Kier molecular flexibility index (Phi) is 3.30. The summed E-state index contributed by atoms with van der Waals surface area (Å²) in [6, 6.07) is 9.49. The Labute approximate surface area is 133 Å². The number of aliphatic imine (C=N–C) groups is 1. The molecule has 1 amide bonds. The lowest BCUT2D eigenvalue weighted by Gasteiger charge is -2.24. The van der Waals surface area contributed by atoms with Gasteiger partial charge in [0, 0.05) is 16.9 Å². The molecule has 2 heterocycles. The van der Waals surface area contributed by atoms with Crippen LogP contribution in [0.3, 0.4) is 0 Å². The summed E-state index contributed by atoms with van der Waals surface area (Å²) in [6.07, 6.45) is 1.85. The van der Waals surface area contributed by atoms with Gasteiger partial charge in [0.15, 0.2) is 15.0 Å². The molecule has 1 aromatic carbocycles. The van der Waals surface area contributed by atoms with Crippen LogP contribution in [-0.2, 0) is 14.6 Å². The highest BCUT2D eigenvalue weighted by atomic mass is 32.2. The molecule has 2 saturated heterocycles. The molecule has 116 valence electrons. The Morgan fingerprint density at radius 2 is 1.91 bits per heavy atom. The van der Waals surface area contributed by atoms with Crippen molar-refractivity contribution in [2.75, 3.05) is 16.4 Å². The van der Waals surface area contributed by atoms with Gasteiger partial charge in [-0.15, -0.1) is 0 Å². The number of hydrogen-bond donors (Lipinski definition) is 0. The fourth-order valence-electron chi connectivity index (χ4n) is 2.97. The predicted octanol–water partition coefficient (Wildman–Crippen LogP) is 1.70. The van der Waals surface area contributed by atoms with Gasteiger partial charge in [-0.2, -0.15) is 4.99 Å². The SMILES string of the molecule is O=C(N=C1S[C@H]2CS(=O)(=O)C[C@@H]2N1c1ccccc1)C1CC1. The zero-order chi connectivity index (χ0) is 15.3. The molecule has 0 N–H and O–H groups in total. The van der Waals surface area contributed by atoms with E-state index in [9.17, 15) is 13.2 Å². The van der Waals surface area contributed by atoms with Gasteiger partial charge >= 0.3 is 0 Å². The van der Waals surface area contributed by atoms with Crippen molar-refractivity contribution in [3.63, 3.8) is 0 Å². The zero-order valence-electron chi connectivity index (χ0n) is 11.9. The first-order valence-electron chi connectivity index (χ1n) is 7.37. The maximum absolute atomic E-state index is 12.0. The van der Waals surface area contributed by atoms with Crippen molar-refractivity contribution in [3.8, 4) is 0 Å². The third kappa shape index (κ3) is 2.56.